The first-order valence-electron chi connectivity index (χ1n) is 5.90. The number of rotatable bonds is 5. The van der Waals surface area contributed by atoms with E-state index in [1.807, 2.05) is 31.2 Å². The lowest BCUT2D eigenvalue weighted by Crippen LogP contribution is -2.38. The van der Waals surface area contributed by atoms with E-state index >= 15 is 0 Å². The quantitative estimate of drug-likeness (QED) is 0.802. The fourth-order valence-electron chi connectivity index (χ4n) is 1.60. The average molecular weight is 249 g/mol. The zero-order valence-electron chi connectivity index (χ0n) is 10.8. The third kappa shape index (κ3) is 3.85. The monoisotopic (exact) mass is 249 g/mol. The minimum absolute atomic E-state index is 0.00802. The van der Waals surface area contributed by atoms with E-state index in [1.165, 1.54) is 4.90 Å². The number of para-hydroxylation sites is 1. The molecule has 98 valence electrons. The van der Waals surface area contributed by atoms with E-state index in [0.717, 1.165) is 17.7 Å². The molecule has 1 aromatic rings. The van der Waals surface area contributed by atoms with Gasteiger partial charge in [0, 0.05) is 12.7 Å². The van der Waals surface area contributed by atoms with Crippen LogP contribution in [0.2, 0.25) is 0 Å². The molecule has 0 aliphatic carbocycles. The Morgan fingerprint density at radius 2 is 2.00 bits per heavy atom. The lowest BCUT2D eigenvalue weighted by Gasteiger charge is -2.16. The molecule has 0 spiro atoms. The number of hydrogen-bond donors (Lipinski definition) is 2. The molecule has 0 bridgehead atoms. The topological polar surface area (TPSA) is 75.4 Å². The van der Waals surface area contributed by atoms with Gasteiger partial charge < -0.3 is 16.0 Å². The molecule has 0 saturated heterocycles. The summed E-state index contributed by atoms with van der Waals surface area (Å²) in [4.78, 5) is 24.3. The van der Waals surface area contributed by atoms with Crippen molar-refractivity contribution in [2.24, 2.45) is 5.73 Å². The van der Waals surface area contributed by atoms with Gasteiger partial charge in [0.2, 0.25) is 11.8 Å². The molecule has 0 fully saturated rings. The van der Waals surface area contributed by atoms with Crippen molar-refractivity contribution >= 4 is 17.5 Å². The van der Waals surface area contributed by atoms with E-state index in [0.29, 0.717) is 0 Å². The first kappa shape index (κ1) is 14.2. The molecule has 0 heterocycles. The SMILES string of the molecule is CCc1ccccc1NC(=O)CN(C)C(=O)CN. The standard InChI is InChI=1S/C13H19N3O2/c1-3-10-6-4-5-7-11(10)15-12(17)9-16(2)13(18)8-14/h4-7H,3,8-9,14H2,1-2H3,(H,15,17). The van der Waals surface area contributed by atoms with Crippen molar-refractivity contribution in [1.29, 1.82) is 0 Å². The van der Waals surface area contributed by atoms with Gasteiger partial charge in [-0.1, -0.05) is 25.1 Å². The number of benzene rings is 1. The largest absolute Gasteiger partial charge is 0.335 e. The first-order valence-corrected chi connectivity index (χ1v) is 5.90. The van der Waals surface area contributed by atoms with Gasteiger partial charge in [-0.15, -0.1) is 0 Å². The molecule has 0 radical (unpaired) electrons. The number of carbonyl (C=O) groups excluding carboxylic acids is 2. The zero-order chi connectivity index (χ0) is 13.5. The summed E-state index contributed by atoms with van der Waals surface area (Å²) in [5.74, 6) is -0.478. The maximum atomic E-state index is 11.8. The predicted molar refractivity (Wildman–Crippen MR) is 71.1 cm³/mol. The van der Waals surface area contributed by atoms with E-state index in [9.17, 15) is 9.59 Å². The molecular weight excluding hydrogens is 230 g/mol. The smallest absolute Gasteiger partial charge is 0.243 e. The van der Waals surface area contributed by atoms with Crippen molar-refractivity contribution in [3.05, 3.63) is 29.8 Å². The van der Waals surface area contributed by atoms with Gasteiger partial charge in [-0.2, -0.15) is 0 Å². The highest BCUT2D eigenvalue weighted by Gasteiger charge is 2.12. The number of carbonyl (C=O) groups is 2. The number of nitrogens with one attached hydrogen (secondary N) is 1. The maximum Gasteiger partial charge on any atom is 0.243 e. The van der Waals surface area contributed by atoms with Gasteiger partial charge >= 0.3 is 0 Å². The lowest BCUT2D eigenvalue weighted by atomic mass is 10.1. The number of hydrogen-bond acceptors (Lipinski definition) is 3. The number of nitrogens with zero attached hydrogens (tertiary/aromatic N) is 1. The van der Waals surface area contributed by atoms with E-state index in [1.54, 1.807) is 7.05 Å². The zero-order valence-corrected chi connectivity index (χ0v) is 10.8. The molecular formula is C13H19N3O2. The van der Waals surface area contributed by atoms with Gasteiger partial charge in [-0.25, -0.2) is 0 Å². The second-order valence-corrected chi connectivity index (χ2v) is 4.01. The fraction of sp³-hybridized carbons (Fsp3) is 0.385. The summed E-state index contributed by atoms with van der Waals surface area (Å²) in [6.45, 7) is 1.94. The molecule has 1 rings (SSSR count). The Morgan fingerprint density at radius 3 is 2.61 bits per heavy atom. The number of amides is 2. The summed E-state index contributed by atoms with van der Waals surface area (Å²) in [6, 6.07) is 7.61. The van der Waals surface area contributed by atoms with Crippen LogP contribution >= 0.6 is 0 Å². The number of anilines is 1. The second kappa shape index (κ2) is 6.76. The molecule has 18 heavy (non-hydrogen) atoms. The van der Waals surface area contributed by atoms with Crippen molar-refractivity contribution in [2.75, 3.05) is 25.5 Å². The third-order valence-electron chi connectivity index (χ3n) is 2.65. The molecule has 5 nitrogen and oxygen atoms in total. The van der Waals surface area contributed by atoms with Gasteiger partial charge in [0.05, 0.1) is 13.1 Å². The number of nitrogens with two attached hydrogens (primary N) is 1. The van der Waals surface area contributed by atoms with E-state index < -0.39 is 0 Å². The molecule has 0 saturated carbocycles. The van der Waals surface area contributed by atoms with Gasteiger partial charge in [0.1, 0.15) is 0 Å². The molecule has 1 aromatic carbocycles. The van der Waals surface area contributed by atoms with Gasteiger partial charge in [0.25, 0.3) is 0 Å². The third-order valence-corrected chi connectivity index (χ3v) is 2.65. The number of likely N-dealkylation sites (N-methyl/N-ethyl adjacent to an activating group) is 1. The molecule has 5 heteroatoms. The maximum absolute atomic E-state index is 11.8. The minimum Gasteiger partial charge on any atom is -0.335 e. The normalized spacial score (nSPS) is 9.94. The van der Waals surface area contributed by atoms with Crippen molar-refractivity contribution < 1.29 is 9.59 Å². The lowest BCUT2D eigenvalue weighted by molar-refractivity contribution is -0.132. The van der Waals surface area contributed by atoms with Gasteiger partial charge in [0.15, 0.2) is 0 Å². The van der Waals surface area contributed by atoms with Crippen LogP contribution in [0.4, 0.5) is 5.69 Å². The van der Waals surface area contributed by atoms with Crippen LogP contribution < -0.4 is 11.1 Å². The predicted octanol–water partition coefficient (Wildman–Crippen LogP) is 0.605. The van der Waals surface area contributed by atoms with Crippen LogP contribution in [0.1, 0.15) is 12.5 Å². The van der Waals surface area contributed by atoms with Gasteiger partial charge in [-0.05, 0) is 18.1 Å². The summed E-state index contributed by atoms with van der Waals surface area (Å²) < 4.78 is 0. The molecule has 0 aliphatic rings. The van der Waals surface area contributed by atoms with Crippen molar-refractivity contribution in [3.8, 4) is 0 Å². The molecule has 0 aromatic heterocycles. The Labute approximate surface area is 107 Å². The highest BCUT2D eigenvalue weighted by Crippen LogP contribution is 2.15. The van der Waals surface area contributed by atoms with Gasteiger partial charge in [-0.3, -0.25) is 9.59 Å². The van der Waals surface area contributed by atoms with Crippen LogP contribution in [0, 0.1) is 0 Å². The Morgan fingerprint density at radius 1 is 1.33 bits per heavy atom. The molecule has 3 N–H and O–H groups in total. The first-order chi connectivity index (χ1) is 8.58. The summed E-state index contributed by atoms with van der Waals surface area (Å²) in [5, 5.41) is 2.80. The summed E-state index contributed by atoms with van der Waals surface area (Å²) in [7, 11) is 1.56. The Bertz CT molecular complexity index is 432. The summed E-state index contributed by atoms with van der Waals surface area (Å²) >= 11 is 0. The molecule has 0 aliphatic heterocycles. The summed E-state index contributed by atoms with van der Waals surface area (Å²) in [5.41, 5.74) is 7.08. The van der Waals surface area contributed by atoms with E-state index in [-0.39, 0.29) is 24.9 Å². The Balaban J connectivity index is 2.62. The van der Waals surface area contributed by atoms with Crippen molar-refractivity contribution in [3.63, 3.8) is 0 Å². The minimum atomic E-state index is -0.256. The summed E-state index contributed by atoms with van der Waals surface area (Å²) in [6.07, 6.45) is 0.841. The van der Waals surface area contributed by atoms with E-state index in [4.69, 9.17) is 5.73 Å². The molecule has 0 atom stereocenters. The van der Waals surface area contributed by atoms with Crippen molar-refractivity contribution in [1.82, 2.24) is 4.90 Å². The Hall–Kier alpha value is -1.88. The highest BCUT2D eigenvalue weighted by atomic mass is 16.2. The van der Waals surface area contributed by atoms with Crippen LogP contribution in [0.3, 0.4) is 0 Å². The van der Waals surface area contributed by atoms with Crippen molar-refractivity contribution in [2.45, 2.75) is 13.3 Å². The molecule has 2 amide bonds. The van der Waals surface area contributed by atoms with Crippen LogP contribution in [0.15, 0.2) is 24.3 Å². The highest BCUT2D eigenvalue weighted by molar-refractivity contribution is 5.95. The average Bonchev–Trinajstić information content (AvgIpc) is 2.38. The Kier molecular flexibility index (Phi) is 5.32. The second-order valence-electron chi connectivity index (χ2n) is 4.01. The van der Waals surface area contributed by atoms with Crippen LogP contribution in [0.25, 0.3) is 0 Å². The van der Waals surface area contributed by atoms with Crippen LogP contribution in [-0.2, 0) is 16.0 Å². The fourth-order valence-corrected chi connectivity index (χ4v) is 1.60. The molecule has 0 unspecified atom stereocenters. The number of aryl methyl sites for hydroxylation is 1. The van der Waals surface area contributed by atoms with Crippen LogP contribution in [0.5, 0.6) is 0 Å². The van der Waals surface area contributed by atoms with Crippen LogP contribution in [-0.4, -0.2) is 36.9 Å². The van der Waals surface area contributed by atoms with E-state index in [2.05, 4.69) is 5.32 Å².